The molecule has 0 spiro atoms. The fourth-order valence-electron chi connectivity index (χ4n) is 0.838. The van der Waals surface area contributed by atoms with Gasteiger partial charge in [-0.25, -0.2) is 10.3 Å². The summed E-state index contributed by atoms with van der Waals surface area (Å²) in [5.74, 6) is 0. The minimum Gasteiger partial charge on any atom is -0.364 e. The van der Waals surface area contributed by atoms with Gasteiger partial charge < -0.3 is 9.84 Å². The van der Waals surface area contributed by atoms with E-state index in [1.165, 1.54) is 13.4 Å². The third-order valence-corrected chi connectivity index (χ3v) is 1.44. The minimum atomic E-state index is -0.419. The molecular formula is C7H11N3O3. The molecule has 72 valence electrons. The van der Waals surface area contributed by atoms with Gasteiger partial charge in [0.1, 0.15) is 12.0 Å². The lowest BCUT2D eigenvalue weighted by Gasteiger charge is -2.10. The lowest BCUT2D eigenvalue weighted by Crippen LogP contribution is -2.36. The van der Waals surface area contributed by atoms with Gasteiger partial charge in [0.2, 0.25) is 0 Å². The number of carbonyl (C=O) groups excluding carboxylic acids is 1. The third-order valence-electron chi connectivity index (χ3n) is 1.44. The number of aromatic nitrogens is 1. The van der Waals surface area contributed by atoms with Crippen molar-refractivity contribution in [3.8, 4) is 0 Å². The van der Waals surface area contributed by atoms with Crippen molar-refractivity contribution in [3.63, 3.8) is 0 Å². The van der Waals surface area contributed by atoms with Crippen LogP contribution in [-0.4, -0.2) is 18.3 Å². The summed E-state index contributed by atoms with van der Waals surface area (Å²) in [7, 11) is 1.36. The van der Waals surface area contributed by atoms with Gasteiger partial charge in [0.05, 0.1) is 13.2 Å². The molecule has 0 saturated carbocycles. The molecule has 1 unspecified atom stereocenters. The van der Waals surface area contributed by atoms with E-state index in [2.05, 4.69) is 25.3 Å². The highest BCUT2D eigenvalue weighted by Crippen LogP contribution is 2.07. The normalized spacial score (nSPS) is 12.2. The summed E-state index contributed by atoms with van der Waals surface area (Å²) in [6.45, 7) is 1.78. The molecule has 0 aliphatic carbocycles. The quantitative estimate of drug-likeness (QED) is 0.676. The van der Waals surface area contributed by atoms with Crippen molar-refractivity contribution in [2.45, 2.75) is 13.0 Å². The van der Waals surface area contributed by atoms with Gasteiger partial charge >= 0.3 is 6.03 Å². The fraction of sp³-hybridized carbons (Fsp3) is 0.429. The smallest absolute Gasteiger partial charge is 0.339 e. The lowest BCUT2D eigenvalue weighted by atomic mass is 10.2. The van der Waals surface area contributed by atoms with Gasteiger partial charge in [0.25, 0.3) is 0 Å². The second-order valence-corrected chi connectivity index (χ2v) is 2.43. The summed E-state index contributed by atoms with van der Waals surface area (Å²) in [4.78, 5) is 15.4. The maximum Gasteiger partial charge on any atom is 0.339 e. The molecule has 0 saturated heterocycles. The van der Waals surface area contributed by atoms with Crippen molar-refractivity contribution in [1.82, 2.24) is 16.0 Å². The van der Waals surface area contributed by atoms with Gasteiger partial charge in [0, 0.05) is 6.07 Å². The van der Waals surface area contributed by atoms with Crippen LogP contribution in [0, 0.1) is 0 Å². The largest absolute Gasteiger partial charge is 0.364 e. The maximum atomic E-state index is 10.9. The molecule has 0 bridgehead atoms. The number of hydrogen-bond donors (Lipinski definition) is 2. The molecule has 1 rings (SSSR count). The van der Waals surface area contributed by atoms with Crippen LogP contribution in [0.25, 0.3) is 0 Å². The molecule has 1 aromatic rings. The maximum absolute atomic E-state index is 10.9. The summed E-state index contributed by atoms with van der Waals surface area (Å²) >= 11 is 0. The van der Waals surface area contributed by atoms with Crippen molar-refractivity contribution in [2.24, 2.45) is 0 Å². The van der Waals surface area contributed by atoms with Crippen LogP contribution in [0.5, 0.6) is 0 Å². The second kappa shape index (κ2) is 4.46. The number of urea groups is 1. The first-order chi connectivity index (χ1) is 6.24. The fourth-order valence-corrected chi connectivity index (χ4v) is 0.838. The van der Waals surface area contributed by atoms with Gasteiger partial charge in [-0.3, -0.25) is 4.84 Å². The van der Waals surface area contributed by atoms with Crippen LogP contribution in [0.4, 0.5) is 4.79 Å². The van der Waals surface area contributed by atoms with E-state index in [1.54, 1.807) is 13.0 Å². The van der Waals surface area contributed by atoms with Crippen LogP contribution in [-0.2, 0) is 4.84 Å². The van der Waals surface area contributed by atoms with Gasteiger partial charge in [-0.15, -0.1) is 0 Å². The summed E-state index contributed by atoms with van der Waals surface area (Å²) in [5.41, 5.74) is 2.79. The van der Waals surface area contributed by atoms with Crippen molar-refractivity contribution in [2.75, 3.05) is 7.11 Å². The van der Waals surface area contributed by atoms with Gasteiger partial charge in [-0.1, -0.05) is 5.16 Å². The van der Waals surface area contributed by atoms with Crippen LogP contribution in [0.1, 0.15) is 18.7 Å². The molecule has 0 aliphatic rings. The Morgan fingerprint density at radius 2 is 2.54 bits per heavy atom. The Balaban J connectivity index is 2.42. The first-order valence-corrected chi connectivity index (χ1v) is 3.74. The van der Waals surface area contributed by atoms with E-state index >= 15 is 0 Å². The standard InChI is InChI=1S/C7H11N3O3/c1-5(6-3-4-13-9-6)8-7(11)10-12-2/h3-5H,1-2H3,(H2,8,10,11). The number of nitrogens with one attached hydrogen (secondary N) is 2. The Bertz CT molecular complexity index is 260. The SMILES string of the molecule is CONC(=O)NC(C)c1ccon1. The molecule has 2 N–H and O–H groups in total. The number of hydroxylamine groups is 1. The first-order valence-electron chi connectivity index (χ1n) is 3.74. The lowest BCUT2D eigenvalue weighted by molar-refractivity contribution is 0.106. The topological polar surface area (TPSA) is 76.4 Å². The first kappa shape index (κ1) is 9.53. The number of hydrogen-bond acceptors (Lipinski definition) is 4. The van der Waals surface area contributed by atoms with Crippen LogP contribution < -0.4 is 10.8 Å². The van der Waals surface area contributed by atoms with E-state index in [9.17, 15) is 4.79 Å². The average Bonchev–Trinajstić information content (AvgIpc) is 2.55. The van der Waals surface area contributed by atoms with Crippen molar-refractivity contribution in [3.05, 3.63) is 18.0 Å². The Hall–Kier alpha value is -1.56. The molecule has 0 radical (unpaired) electrons. The highest BCUT2D eigenvalue weighted by molar-refractivity contribution is 5.73. The average molecular weight is 185 g/mol. The zero-order chi connectivity index (χ0) is 9.68. The van der Waals surface area contributed by atoms with E-state index in [0.29, 0.717) is 5.69 Å². The Labute approximate surface area is 75.2 Å². The zero-order valence-corrected chi connectivity index (χ0v) is 7.40. The van der Waals surface area contributed by atoms with Gasteiger partial charge in [-0.2, -0.15) is 0 Å². The third kappa shape index (κ3) is 2.75. The molecular weight excluding hydrogens is 174 g/mol. The van der Waals surface area contributed by atoms with Crippen molar-refractivity contribution in [1.29, 1.82) is 0 Å². The molecule has 2 amide bonds. The van der Waals surface area contributed by atoms with Gasteiger partial charge in [-0.05, 0) is 6.92 Å². The predicted molar refractivity (Wildman–Crippen MR) is 43.6 cm³/mol. The molecule has 13 heavy (non-hydrogen) atoms. The summed E-state index contributed by atoms with van der Waals surface area (Å²) in [6, 6.07) is 1.05. The molecule has 0 aliphatic heterocycles. The van der Waals surface area contributed by atoms with Crippen molar-refractivity contribution >= 4 is 6.03 Å². The van der Waals surface area contributed by atoms with Crippen LogP contribution >= 0.6 is 0 Å². The Morgan fingerprint density at radius 1 is 1.77 bits per heavy atom. The zero-order valence-electron chi connectivity index (χ0n) is 7.40. The number of amides is 2. The molecule has 1 heterocycles. The van der Waals surface area contributed by atoms with E-state index in [4.69, 9.17) is 0 Å². The molecule has 0 fully saturated rings. The predicted octanol–water partition coefficient (Wildman–Crippen LogP) is 0.596. The summed E-state index contributed by atoms with van der Waals surface area (Å²) < 4.78 is 4.62. The monoisotopic (exact) mass is 185 g/mol. The van der Waals surface area contributed by atoms with Crippen molar-refractivity contribution < 1.29 is 14.2 Å². The van der Waals surface area contributed by atoms with Crippen LogP contribution in [0.2, 0.25) is 0 Å². The molecule has 1 atom stereocenters. The number of nitrogens with zero attached hydrogens (tertiary/aromatic N) is 1. The van der Waals surface area contributed by atoms with E-state index in [1.807, 2.05) is 0 Å². The molecule has 0 aromatic carbocycles. The van der Waals surface area contributed by atoms with Crippen LogP contribution in [0.3, 0.4) is 0 Å². The van der Waals surface area contributed by atoms with Gasteiger partial charge in [0.15, 0.2) is 0 Å². The Kier molecular flexibility index (Phi) is 3.27. The highest BCUT2D eigenvalue weighted by Gasteiger charge is 2.10. The minimum absolute atomic E-state index is 0.214. The van der Waals surface area contributed by atoms with E-state index < -0.39 is 6.03 Å². The summed E-state index contributed by atoms with van der Waals surface area (Å²) in [5, 5.41) is 6.26. The molecule has 6 heteroatoms. The second-order valence-electron chi connectivity index (χ2n) is 2.43. The van der Waals surface area contributed by atoms with E-state index in [-0.39, 0.29) is 6.04 Å². The highest BCUT2D eigenvalue weighted by atomic mass is 16.6. The summed E-state index contributed by atoms with van der Waals surface area (Å²) in [6.07, 6.45) is 1.45. The van der Waals surface area contributed by atoms with Crippen LogP contribution in [0.15, 0.2) is 16.9 Å². The molecule has 1 aromatic heterocycles. The molecule has 6 nitrogen and oxygen atoms in total. The Morgan fingerprint density at radius 3 is 3.08 bits per heavy atom. The van der Waals surface area contributed by atoms with E-state index in [0.717, 1.165) is 0 Å². The number of rotatable bonds is 3. The number of carbonyl (C=O) groups is 1.